The third-order valence-corrected chi connectivity index (χ3v) is 4.13. The zero-order chi connectivity index (χ0) is 13.7. The van der Waals surface area contributed by atoms with E-state index < -0.39 is 0 Å². The highest BCUT2D eigenvalue weighted by Crippen LogP contribution is 2.30. The maximum atomic E-state index is 11.9. The van der Waals surface area contributed by atoms with Gasteiger partial charge in [0.1, 0.15) is 5.01 Å². The van der Waals surface area contributed by atoms with Crippen LogP contribution in [0.25, 0.3) is 26.4 Å². The molecule has 98 valence electrons. The fourth-order valence-corrected chi connectivity index (χ4v) is 3.26. The molecular formula is C14H10N4OS. The lowest BCUT2D eigenvalue weighted by Gasteiger charge is -1.91. The standard InChI is InChI=1S/C14H10N4OS/c1-8-6-12(19)18-14(16-8)20-13(17-18)10-7-15-11-5-3-2-4-9(10)11/h2-7,15H,1H3. The first-order valence-corrected chi connectivity index (χ1v) is 6.98. The molecule has 6 heteroatoms. The zero-order valence-electron chi connectivity index (χ0n) is 10.6. The summed E-state index contributed by atoms with van der Waals surface area (Å²) in [4.78, 5) is 20.1. The molecule has 0 aliphatic carbocycles. The Morgan fingerprint density at radius 1 is 1.30 bits per heavy atom. The van der Waals surface area contributed by atoms with E-state index in [1.807, 2.05) is 37.4 Å². The van der Waals surface area contributed by atoms with Crippen LogP contribution in [0.5, 0.6) is 0 Å². The summed E-state index contributed by atoms with van der Waals surface area (Å²) in [7, 11) is 0. The van der Waals surface area contributed by atoms with Gasteiger partial charge in [-0.25, -0.2) is 4.98 Å². The zero-order valence-corrected chi connectivity index (χ0v) is 11.4. The quantitative estimate of drug-likeness (QED) is 0.583. The highest BCUT2D eigenvalue weighted by Gasteiger charge is 2.12. The van der Waals surface area contributed by atoms with Crippen molar-refractivity contribution in [2.75, 3.05) is 0 Å². The molecule has 0 saturated carbocycles. The van der Waals surface area contributed by atoms with E-state index >= 15 is 0 Å². The summed E-state index contributed by atoms with van der Waals surface area (Å²) in [5.41, 5.74) is 2.62. The maximum absolute atomic E-state index is 11.9. The number of benzene rings is 1. The molecule has 0 aliphatic rings. The van der Waals surface area contributed by atoms with Crippen LogP contribution in [0.4, 0.5) is 0 Å². The lowest BCUT2D eigenvalue weighted by Crippen LogP contribution is -2.14. The summed E-state index contributed by atoms with van der Waals surface area (Å²) in [5, 5.41) is 6.27. The van der Waals surface area contributed by atoms with E-state index in [1.54, 1.807) is 0 Å². The van der Waals surface area contributed by atoms with Crippen LogP contribution >= 0.6 is 11.3 Å². The van der Waals surface area contributed by atoms with E-state index in [4.69, 9.17) is 0 Å². The van der Waals surface area contributed by atoms with E-state index in [0.717, 1.165) is 21.5 Å². The second-order valence-electron chi connectivity index (χ2n) is 4.59. The van der Waals surface area contributed by atoms with Gasteiger partial charge in [0.2, 0.25) is 4.96 Å². The van der Waals surface area contributed by atoms with Gasteiger partial charge in [-0.15, -0.1) is 0 Å². The van der Waals surface area contributed by atoms with Gasteiger partial charge in [0, 0.05) is 34.4 Å². The number of nitrogens with one attached hydrogen (secondary N) is 1. The summed E-state index contributed by atoms with van der Waals surface area (Å²) >= 11 is 1.42. The fraction of sp³-hybridized carbons (Fsp3) is 0.0714. The van der Waals surface area contributed by atoms with Crippen LogP contribution in [-0.2, 0) is 0 Å². The highest BCUT2D eigenvalue weighted by molar-refractivity contribution is 7.19. The Morgan fingerprint density at radius 3 is 3.05 bits per heavy atom. The van der Waals surface area contributed by atoms with Gasteiger partial charge >= 0.3 is 0 Å². The van der Waals surface area contributed by atoms with Gasteiger partial charge in [-0.2, -0.15) is 9.61 Å². The number of H-pyrrole nitrogens is 1. The molecule has 0 bridgehead atoms. The molecule has 1 N–H and O–H groups in total. The Labute approximate surface area is 117 Å². The fourth-order valence-electron chi connectivity index (χ4n) is 2.28. The highest BCUT2D eigenvalue weighted by atomic mass is 32.1. The van der Waals surface area contributed by atoms with Crippen molar-refractivity contribution in [3.05, 3.63) is 52.6 Å². The Bertz CT molecular complexity index is 995. The van der Waals surface area contributed by atoms with Crippen molar-refractivity contribution < 1.29 is 0 Å². The lowest BCUT2D eigenvalue weighted by molar-refractivity contribution is 0.894. The third-order valence-electron chi connectivity index (χ3n) is 3.19. The van der Waals surface area contributed by atoms with Crippen LogP contribution < -0.4 is 5.56 Å². The summed E-state index contributed by atoms with van der Waals surface area (Å²) < 4.78 is 1.36. The minimum Gasteiger partial charge on any atom is -0.360 e. The van der Waals surface area contributed by atoms with E-state index in [-0.39, 0.29) is 5.56 Å². The predicted octanol–water partition coefficient (Wildman–Crippen LogP) is 2.61. The molecule has 0 aliphatic heterocycles. The Kier molecular flexibility index (Phi) is 2.28. The number of hydrogen-bond acceptors (Lipinski definition) is 4. The van der Waals surface area contributed by atoms with Crippen LogP contribution in [0, 0.1) is 6.92 Å². The second-order valence-corrected chi connectivity index (χ2v) is 5.54. The van der Waals surface area contributed by atoms with E-state index in [2.05, 4.69) is 15.1 Å². The second kappa shape index (κ2) is 4.01. The molecule has 0 amide bonds. The Balaban J connectivity index is 2.03. The molecule has 1 aromatic carbocycles. The minimum absolute atomic E-state index is 0.144. The number of hydrogen-bond donors (Lipinski definition) is 1. The van der Waals surface area contributed by atoms with Crippen LogP contribution in [-0.4, -0.2) is 19.6 Å². The average molecular weight is 282 g/mol. The predicted molar refractivity (Wildman–Crippen MR) is 79.2 cm³/mol. The van der Waals surface area contributed by atoms with Gasteiger partial charge < -0.3 is 4.98 Å². The number of nitrogens with zero attached hydrogens (tertiary/aromatic N) is 3. The van der Waals surface area contributed by atoms with E-state index in [0.29, 0.717) is 10.7 Å². The van der Waals surface area contributed by atoms with Crippen LogP contribution in [0.3, 0.4) is 0 Å². The van der Waals surface area contributed by atoms with Gasteiger partial charge in [0.25, 0.3) is 5.56 Å². The minimum atomic E-state index is -0.144. The normalized spacial score (nSPS) is 11.4. The Hall–Kier alpha value is -2.47. The van der Waals surface area contributed by atoms with Crippen molar-refractivity contribution >= 4 is 27.2 Å². The molecule has 0 radical (unpaired) electrons. The molecule has 20 heavy (non-hydrogen) atoms. The van der Waals surface area contributed by atoms with Crippen LogP contribution in [0.1, 0.15) is 5.69 Å². The van der Waals surface area contributed by atoms with E-state index in [1.165, 1.54) is 21.9 Å². The first kappa shape index (κ1) is 11.4. The topological polar surface area (TPSA) is 63.1 Å². The van der Waals surface area contributed by atoms with E-state index in [9.17, 15) is 4.79 Å². The number of fused-ring (bicyclic) bond motifs is 2. The summed E-state index contributed by atoms with van der Waals surface area (Å²) in [6.45, 7) is 1.81. The number of rotatable bonds is 1. The van der Waals surface area contributed by atoms with Gasteiger partial charge in [0.15, 0.2) is 0 Å². The smallest absolute Gasteiger partial charge is 0.275 e. The van der Waals surface area contributed by atoms with Crippen molar-refractivity contribution in [3.63, 3.8) is 0 Å². The van der Waals surface area contributed by atoms with Gasteiger partial charge in [-0.05, 0) is 13.0 Å². The number of para-hydroxylation sites is 1. The lowest BCUT2D eigenvalue weighted by atomic mass is 10.2. The molecule has 0 spiro atoms. The van der Waals surface area contributed by atoms with Crippen LogP contribution in [0.2, 0.25) is 0 Å². The molecular weight excluding hydrogens is 272 g/mol. The Morgan fingerprint density at radius 2 is 2.15 bits per heavy atom. The molecule has 0 fully saturated rings. The van der Waals surface area contributed by atoms with Crippen molar-refractivity contribution in [1.82, 2.24) is 19.6 Å². The van der Waals surface area contributed by atoms with Crippen LogP contribution in [0.15, 0.2) is 41.3 Å². The first-order chi connectivity index (χ1) is 9.72. The van der Waals surface area contributed by atoms with Crippen molar-refractivity contribution in [3.8, 4) is 10.6 Å². The van der Waals surface area contributed by atoms with Gasteiger partial charge in [-0.1, -0.05) is 29.5 Å². The number of aromatic amines is 1. The molecule has 0 atom stereocenters. The van der Waals surface area contributed by atoms with Crippen molar-refractivity contribution in [1.29, 1.82) is 0 Å². The average Bonchev–Trinajstić information content (AvgIpc) is 3.01. The molecule has 4 rings (SSSR count). The van der Waals surface area contributed by atoms with Gasteiger partial charge in [0.05, 0.1) is 0 Å². The molecule has 0 saturated heterocycles. The monoisotopic (exact) mass is 282 g/mol. The summed E-state index contributed by atoms with van der Waals surface area (Å²) in [6.07, 6.45) is 1.92. The summed E-state index contributed by atoms with van der Waals surface area (Å²) in [5.74, 6) is 0. The molecule has 3 heterocycles. The summed E-state index contributed by atoms with van der Waals surface area (Å²) in [6, 6.07) is 9.51. The largest absolute Gasteiger partial charge is 0.360 e. The maximum Gasteiger partial charge on any atom is 0.275 e. The molecule has 3 aromatic heterocycles. The molecule has 0 unspecified atom stereocenters. The van der Waals surface area contributed by atoms with Crippen molar-refractivity contribution in [2.24, 2.45) is 0 Å². The molecule has 5 nitrogen and oxygen atoms in total. The van der Waals surface area contributed by atoms with Crippen molar-refractivity contribution in [2.45, 2.75) is 6.92 Å². The number of aromatic nitrogens is 4. The third kappa shape index (κ3) is 1.58. The molecule has 4 aromatic rings. The number of aryl methyl sites for hydroxylation is 1. The SMILES string of the molecule is Cc1cc(=O)n2nc(-c3c[nH]c4ccccc34)sc2n1. The van der Waals surface area contributed by atoms with Gasteiger partial charge in [-0.3, -0.25) is 4.79 Å². The first-order valence-electron chi connectivity index (χ1n) is 6.16.